The zero-order valence-electron chi connectivity index (χ0n) is 8.89. The Hall–Kier alpha value is -1.46. The van der Waals surface area contributed by atoms with Gasteiger partial charge in [-0.05, 0) is 12.1 Å². The minimum Gasteiger partial charge on any atom is -0.302 e. The highest BCUT2D eigenvalue weighted by molar-refractivity contribution is 7.14. The molecular formula is C11H10ClN3OS. The number of carbonyl (C=O) groups excluding carboxylic acids is 1. The molecule has 2 heterocycles. The van der Waals surface area contributed by atoms with Crippen LogP contribution < -0.4 is 5.32 Å². The molecule has 2 aromatic heterocycles. The van der Waals surface area contributed by atoms with Crippen LogP contribution in [0.15, 0.2) is 29.9 Å². The van der Waals surface area contributed by atoms with Crippen LogP contribution in [0.25, 0.3) is 11.3 Å². The number of rotatable bonds is 4. The molecule has 1 amide bonds. The average molecular weight is 268 g/mol. The Balaban J connectivity index is 2.09. The summed E-state index contributed by atoms with van der Waals surface area (Å²) in [6.07, 6.45) is 3.74. The third kappa shape index (κ3) is 3.25. The van der Waals surface area contributed by atoms with E-state index in [9.17, 15) is 4.79 Å². The first-order valence-electron chi connectivity index (χ1n) is 5.01. The molecule has 0 fully saturated rings. The number of hydrogen-bond donors (Lipinski definition) is 1. The van der Waals surface area contributed by atoms with Gasteiger partial charge in [0.25, 0.3) is 0 Å². The van der Waals surface area contributed by atoms with Crippen molar-refractivity contribution in [3.63, 3.8) is 0 Å². The van der Waals surface area contributed by atoms with E-state index in [2.05, 4.69) is 15.3 Å². The van der Waals surface area contributed by atoms with Crippen molar-refractivity contribution in [2.45, 2.75) is 6.42 Å². The van der Waals surface area contributed by atoms with Crippen molar-refractivity contribution in [2.75, 3.05) is 11.2 Å². The SMILES string of the molecule is O=C(CCCl)Nc1nc(-c2cccnc2)cs1. The highest BCUT2D eigenvalue weighted by atomic mass is 35.5. The van der Waals surface area contributed by atoms with Crippen molar-refractivity contribution in [1.82, 2.24) is 9.97 Å². The molecule has 6 heteroatoms. The van der Waals surface area contributed by atoms with Crippen molar-refractivity contribution in [1.29, 1.82) is 0 Å². The monoisotopic (exact) mass is 267 g/mol. The first-order chi connectivity index (χ1) is 8.29. The quantitative estimate of drug-likeness (QED) is 0.867. The van der Waals surface area contributed by atoms with Crippen molar-refractivity contribution >= 4 is 34.0 Å². The third-order valence-electron chi connectivity index (χ3n) is 2.03. The summed E-state index contributed by atoms with van der Waals surface area (Å²) in [6, 6.07) is 3.77. The Labute approximate surface area is 108 Å². The largest absolute Gasteiger partial charge is 0.302 e. The lowest BCUT2D eigenvalue weighted by atomic mass is 10.2. The average Bonchev–Trinajstić information content (AvgIpc) is 2.79. The van der Waals surface area contributed by atoms with E-state index >= 15 is 0 Å². The Morgan fingerprint density at radius 3 is 3.12 bits per heavy atom. The summed E-state index contributed by atoms with van der Waals surface area (Å²) in [6.45, 7) is 0. The van der Waals surface area contributed by atoms with Crippen molar-refractivity contribution < 1.29 is 4.79 Å². The fourth-order valence-corrected chi connectivity index (χ4v) is 2.15. The normalized spacial score (nSPS) is 10.2. The first kappa shape index (κ1) is 12.0. The molecule has 17 heavy (non-hydrogen) atoms. The molecule has 0 aliphatic heterocycles. The number of thiazole rings is 1. The maximum Gasteiger partial charge on any atom is 0.227 e. The Bertz CT molecular complexity index is 500. The van der Waals surface area contributed by atoms with Crippen LogP contribution >= 0.6 is 22.9 Å². The lowest BCUT2D eigenvalue weighted by Gasteiger charge is -1.98. The van der Waals surface area contributed by atoms with Gasteiger partial charge in [0, 0.05) is 35.6 Å². The van der Waals surface area contributed by atoms with Gasteiger partial charge in [-0.25, -0.2) is 4.98 Å². The number of amides is 1. The fourth-order valence-electron chi connectivity index (χ4n) is 1.25. The lowest BCUT2D eigenvalue weighted by molar-refractivity contribution is -0.115. The van der Waals surface area contributed by atoms with E-state index in [-0.39, 0.29) is 5.91 Å². The molecule has 2 rings (SSSR count). The standard InChI is InChI=1S/C11H10ClN3OS/c12-4-3-10(16)15-11-14-9(7-17-11)8-2-1-5-13-6-8/h1-2,5-7H,3-4H2,(H,14,15,16). The van der Waals surface area contributed by atoms with E-state index < -0.39 is 0 Å². The van der Waals surface area contributed by atoms with Gasteiger partial charge in [0.15, 0.2) is 5.13 Å². The van der Waals surface area contributed by atoms with Crippen LogP contribution in [0.1, 0.15) is 6.42 Å². The van der Waals surface area contributed by atoms with Gasteiger partial charge < -0.3 is 5.32 Å². The van der Waals surface area contributed by atoms with Gasteiger partial charge >= 0.3 is 0 Å². The summed E-state index contributed by atoms with van der Waals surface area (Å²) >= 11 is 6.86. The third-order valence-corrected chi connectivity index (χ3v) is 2.98. The molecule has 0 aliphatic rings. The number of nitrogens with zero attached hydrogens (tertiary/aromatic N) is 2. The maximum absolute atomic E-state index is 11.3. The number of aromatic nitrogens is 2. The van der Waals surface area contributed by atoms with Crippen LogP contribution in [-0.2, 0) is 4.79 Å². The first-order valence-corrected chi connectivity index (χ1v) is 6.43. The number of pyridine rings is 1. The molecule has 0 saturated heterocycles. The highest BCUT2D eigenvalue weighted by Crippen LogP contribution is 2.23. The number of nitrogens with one attached hydrogen (secondary N) is 1. The van der Waals surface area contributed by atoms with Crippen LogP contribution in [0.4, 0.5) is 5.13 Å². The Morgan fingerprint density at radius 2 is 2.41 bits per heavy atom. The summed E-state index contributed by atoms with van der Waals surface area (Å²) in [7, 11) is 0. The van der Waals surface area contributed by atoms with Crippen LogP contribution in [-0.4, -0.2) is 21.8 Å². The molecule has 0 unspecified atom stereocenters. The molecule has 0 bridgehead atoms. The van der Waals surface area contributed by atoms with Gasteiger partial charge in [-0.15, -0.1) is 22.9 Å². The second kappa shape index (κ2) is 5.75. The van der Waals surface area contributed by atoms with Gasteiger partial charge in [0.05, 0.1) is 5.69 Å². The van der Waals surface area contributed by atoms with E-state index in [0.717, 1.165) is 11.3 Å². The summed E-state index contributed by atoms with van der Waals surface area (Å²) in [5.74, 6) is 0.194. The van der Waals surface area contributed by atoms with Gasteiger partial charge in [-0.3, -0.25) is 9.78 Å². The summed E-state index contributed by atoms with van der Waals surface area (Å²) in [5, 5.41) is 5.16. The predicted octanol–water partition coefficient (Wildman–Crippen LogP) is 2.77. The molecule has 2 aromatic rings. The van der Waals surface area contributed by atoms with E-state index in [1.54, 1.807) is 12.4 Å². The molecule has 88 valence electrons. The van der Waals surface area contributed by atoms with Crippen molar-refractivity contribution in [3.8, 4) is 11.3 Å². The number of anilines is 1. The summed E-state index contributed by atoms with van der Waals surface area (Å²) in [5.41, 5.74) is 1.74. The van der Waals surface area contributed by atoms with E-state index in [1.807, 2.05) is 17.5 Å². The highest BCUT2D eigenvalue weighted by Gasteiger charge is 2.07. The van der Waals surface area contributed by atoms with Crippen LogP contribution in [0.2, 0.25) is 0 Å². The molecule has 0 spiro atoms. The van der Waals surface area contributed by atoms with Gasteiger partial charge in [0.2, 0.25) is 5.91 Å². The molecule has 1 N–H and O–H groups in total. The van der Waals surface area contributed by atoms with Gasteiger partial charge in [-0.1, -0.05) is 0 Å². The molecular weight excluding hydrogens is 258 g/mol. The molecule has 0 aromatic carbocycles. The van der Waals surface area contributed by atoms with Crippen molar-refractivity contribution in [3.05, 3.63) is 29.9 Å². The number of alkyl halides is 1. The van der Waals surface area contributed by atoms with Gasteiger partial charge in [-0.2, -0.15) is 0 Å². The summed E-state index contributed by atoms with van der Waals surface area (Å²) in [4.78, 5) is 19.6. The molecule has 0 radical (unpaired) electrons. The Morgan fingerprint density at radius 1 is 1.53 bits per heavy atom. The van der Waals surface area contributed by atoms with Crippen LogP contribution in [0, 0.1) is 0 Å². The number of halogens is 1. The van der Waals surface area contributed by atoms with Crippen molar-refractivity contribution in [2.24, 2.45) is 0 Å². The van der Waals surface area contributed by atoms with Crippen LogP contribution in [0.5, 0.6) is 0 Å². The van der Waals surface area contributed by atoms with E-state index in [0.29, 0.717) is 17.4 Å². The second-order valence-electron chi connectivity index (χ2n) is 3.27. The number of carbonyl (C=O) groups is 1. The van der Waals surface area contributed by atoms with E-state index in [1.165, 1.54) is 11.3 Å². The maximum atomic E-state index is 11.3. The number of hydrogen-bond acceptors (Lipinski definition) is 4. The smallest absolute Gasteiger partial charge is 0.227 e. The minimum absolute atomic E-state index is 0.118. The predicted molar refractivity (Wildman–Crippen MR) is 69.3 cm³/mol. The fraction of sp³-hybridized carbons (Fsp3) is 0.182. The molecule has 0 saturated carbocycles. The lowest BCUT2D eigenvalue weighted by Crippen LogP contribution is -2.11. The van der Waals surface area contributed by atoms with Gasteiger partial charge in [0.1, 0.15) is 0 Å². The molecule has 0 atom stereocenters. The molecule has 4 nitrogen and oxygen atoms in total. The topological polar surface area (TPSA) is 54.9 Å². The Kier molecular flexibility index (Phi) is 4.06. The second-order valence-corrected chi connectivity index (χ2v) is 4.50. The zero-order valence-corrected chi connectivity index (χ0v) is 10.5. The summed E-state index contributed by atoms with van der Waals surface area (Å²) < 4.78 is 0. The minimum atomic E-state index is -0.118. The van der Waals surface area contributed by atoms with E-state index in [4.69, 9.17) is 11.6 Å². The zero-order chi connectivity index (χ0) is 12.1. The van der Waals surface area contributed by atoms with Crippen LogP contribution in [0.3, 0.4) is 0 Å². The molecule has 0 aliphatic carbocycles.